The summed E-state index contributed by atoms with van der Waals surface area (Å²) in [5.74, 6) is -1.24. The van der Waals surface area contributed by atoms with Crippen molar-refractivity contribution in [2.75, 3.05) is 11.9 Å². The van der Waals surface area contributed by atoms with Crippen molar-refractivity contribution in [3.63, 3.8) is 0 Å². The second-order valence-electron chi connectivity index (χ2n) is 4.61. The molecular weight excluding hydrogens is 276 g/mol. The lowest BCUT2D eigenvalue weighted by molar-refractivity contribution is 0.318. The number of nitrogens with zero attached hydrogens (tertiary/aromatic N) is 2. The van der Waals surface area contributed by atoms with Crippen LogP contribution in [-0.4, -0.2) is 18.1 Å². The Kier molecular flexibility index (Phi) is 4.37. The number of amidine groups is 1. The van der Waals surface area contributed by atoms with Crippen LogP contribution in [0.4, 0.5) is 14.5 Å². The highest BCUT2D eigenvalue weighted by atomic mass is 19.1. The van der Waals surface area contributed by atoms with E-state index in [-0.39, 0.29) is 17.2 Å². The van der Waals surface area contributed by atoms with Gasteiger partial charge in [-0.05, 0) is 29.8 Å². The fraction of sp³-hybridized carbons (Fsp3) is 0.133. The van der Waals surface area contributed by atoms with Crippen LogP contribution in [0.2, 0.25) is 0 Å². The first-order valence-corrected chi connectivity index (χ1v) is 6.25. The molecule has 21 heavy (non-hydrogen) atoms. The molecule has 4 nitrogen and oxygen atoms in total. The lowest BCUT2D eigenvalue weighted by atomic mass is 10.1. The van der Waals surface area contributed by atoms with Gasteiger partial charge in [0, 0.05) is 13.6 Å². The van der Waals surface area contributed by atoms with Crippen LogP contribution >= 0.6 is 0 Å². The van der Waals surface area contributed by atoms with Crippen molar-refractivity contribution in [2.45, 2.75) is 6.54 Å². The first-order valence-electron chi connectivity index (χ1n) is 6.25. The molecule has 0 radical (unpaired) electrons. The Labute approximate surface area is 121 Å². The van der Waals surface area contributed by atoms with E-state index in [1.54, 1.807) is 30.1 Å². The molecule has 0 saturated carbocycles. The van der Waals surface area contributed by atoms with Crippen LogP contribution in [0, 0.1) is 11.6 Å². The van der Waals surface area contributed by atoms with Crippen molar-refractivity contribution in [1.82, 2.24) is 0 Å². The Morgan fingerprint density at radius 1 is 1.24 bits per heavy atom. The van der Waals surface area contributed by atoms with E-state index in [2.05, 4.69) is 5.16 Å². The van der Waals surface area contributed by atoms with E-state index < -0.39 is 5.82 Å². The molecule has 2 aromatic rings. The van der Waals surface area contributed by atoms with Crippen LogP contribution in [0.3, 0.4) is 0 Å². The minimum Gasteiger partial charge on any atom is -0.409 e. The number of nitrogens with two attached hydrogens (primary N) is 1. The van der Waals surface area contributed by atoms with Gasteiger partial charge in [0.2, 0.25) is 0 Å². The van der Waals surface area contributed by atoms with Crippen LogP contribution in [0.15, 0.2) is 47.6 Å². The van der Waals surface area contributed by atoms with E-state index in [4.69, 9.17) is 10.9 Å². The average molecular weight is 291 g/mol. The van der Waals surface area contributed by atoms with E-state index in [1.807, 2.05) is 0 Å². The molecule has 3 N–H and O–H groups in total. The molecule has 0 aliphatic heterocycles. The fourth-order valence-corrected chi connectivity index (χ4v) is 2.13. The van der Waals surface area contributed by atoms with Gasteiger partial charge in [-0.1, -0.05) is 23.4 Å². The number of hydrogen-bond donors (Lipinski definition) is 2. The molecule has 0 aliphatic rings. The predicted molar refractivity (Wildman–Crippen MR) is 77.4 cm³/mol. The molecule has 0 aliphatic carbocycles. The molecule has 0 heterocycles. The molecule has 2 aromatic carbocycles. The predicted octanol–water partition coefficient (Wildman–Crippen LogP) is 2.70. The Morgan fingerprint density at radius 3 is 2.62 bits per heavy atom. The van der Waals surface area contributed by atoms with Gasteiger partial charge in [-0.25, -0.2) is 8.78 Å². The third-order valence-corrected chi connectivity index (χ3v) is 3.08. The van der Waals surface area contributed by atoms with Gasteiger partial charge >= 0.3 is 0 Å². The highest BCUT2D eigenvalue weighted by Gasteiger charge is 2.16. The van der Waals surface area contributed by atoms with Crippen molar-refractivity contribution in [2.24, 2.45) is 10.9 Å². The highest BCUT2D eigenvalue weighted by molar-refractivity contribution is 6.02. The Hall–Kier alpha value is -2.63. The monoisotopic (exact) mass is 291 g/mol. The largest absolute Gasteiger partial charge is 0.409 e. The minimum atomic E-state index is -0.589. The van der Waals surface area contributed by atoms with Crippen molar-refractivity contribution < 1.29 is 14.0 Å². The summed E-state index contributed by atoms with van der Waals surface area (Å²) < 4.78 is 27.1. The number of benzene rings is 2. The standard InChI is InChI=1S/C15H15F2N3O/c1-20(9-10-4-2-5-11(16)8-10)13-7-3-6-12(17)14(13)15(18)19-21/h2-8,21H,9H2,1H3,(H2,18,19). The number of halogens is 2. The summed E-state index contributed by atoms with van der Waals surface area (Å²) in [5, 5.41) is 11.6. The lowest BCUT2D eigenvalue weighted by Gasteiger charge is -2.22. The van der Waals surface area contributed by atoms with Crippen LogP contribution in [0.1, 0.15) is 11.1 Å². The maximum Gasteiger partial charge on any atom is 0.175 e. The van der Waals surface area contributed by atoms with Gasteiger partial charge in [-0.3, -0.25) is 0 Å². The van der Waals surface area contributed by atoms with Gasteiger partial charge in [0.1, 0.15) is 11.6 Å². The van der Waals surface area contributed by atoms with Gasteiger partial charge < -0.3 is 15.8 Å². The second-order valence-corrected chi connectivity index (χ2v) is 4.61. The van der Waals surface area contributed by atoms with Crippen molar-refractivity contribution in [1.29, 1.82) is 0 Å². The van der Waals surface area contributed by atoms with Gasteiger partial charge in [0.25, 0.3) is 0 Å². The fourth-order valence-electron chi connectivity index (χ4n) is 2.13. The zero-order chi connectivity index (χ0) is 15.4. The molecule has 0 amide bonds. The zero-order valence-corrected chi connectivity index (χ0v) is 11.4. The molecule has 0 spiro atoms. The molecule has 0 aromatic heterocycles. The summed E-state index contributed by atoms with van der Waals surface area (Å²) in [5.41, 5.74) is 6.72. The topological polar surface area (TPSA) is 61.8 Å². The first-order chi connectivity index (χ1) is 10.0. The lowest BCUT2D eigenvalue weighted by Crippen LogP contribution is -2.23. The SMILES string of the molecule is CN(Cc1cccc(F)c1)c1cccc(F)c1C(N)=NO. The van der Waals surface area contributed by atoms with E-state index in [0.717, 1.165) is 5.56 Å². The van der Waals surface area contributed by atoms with Gasteiger partial charge in [-0.2, -0.15) is 0 Å². The maximum absolute atomic E-state index is 13.9. The Morgan fingerprint density at radius 2 is 1.95 bits per heavy atom. The molecular formula is C15H15F2N3O. The summed E-state index contributed by atoms with van der Waals surface area (Å²) >= 11 is 0. The number of oxime groups is 1. The molecule has 110 valence electrons. The third kappa shape index (κ3) is 3.28. The molecule has 2 rings (SSSR count). The minimum absolute atomic E-state index is 0.0129. The molecule has 0 saturated heterocycles. The van der Waals surface area contributed by atoms with Gasteiger partial charge in [0.05, 0.1) is 11.3 Å². The van der Waals surface area contributed by atoms with Crippen LogP contribution < -0.4 is 10.6 Å². The summed E-state index contributed by atoms with van der Waals surface area (Å²) in [7, 11) is 1.72. The van der Waals surface area contributed by atoms with Gasteiger partial charge in [0.15, 0.2) is 5.84 Å². The molecule has 0 fully saturated rings. The Balaban J connectivity index is 2.35. The number of hydrogen-bond acceptors (Lipinski definition) is 3. The number of anilines is 1. The van der Waals surface area contributed by atoms with Crippen LogP contribution in [0.5, 0.6) is 0 Å². The Bertz CT molecular complexity index is 674. The number of rotatable bonds is 4. The summed E-state index contributed by atoms with van der Waals surface area (Å²) in [4.78, 5) is 1.70. The quantitative estimate of drug-likeness (QED) is 0.394. The first kappa shape index (κ1) is 14.8. The highest BCUT2D eigenvalue weighted by Crippen LogP contribution is 2.23. The molecule has 6 heteroatoms. The smallest absolute Gasteiger partial charge is 0.175 e. The van der Waals surface area contributed by atoms with Crippen molar-refractivity contribution in [3.05, 3.63) is 65.2 Å². The van der Waals surface area contributed by atoms with Crippen molar-refractivity contribution >= 4 is 11.5 Å². The maximum atomic E-state index is 13.9. The second kappa shape index (κ2) is 6.21. The average Bonchev–Trinajstić information content (AvgIpc) is 2.46. The molecule has 0 bridgehead atoms. The summed E-state index contributed by atoms with van der Waals surface area (Å²) in [6.45, 7) is 0.354. The van der Waals surface area contributed by atoms with E-state index in [0.29, 0.717) is 12.2 Å². The van der Waals surface area contributed by atoms with E-state index in [1.165, 1.54) is 24.3 Å². The summed E-state index contributed by atoms with van der Waals surface area (Å²) in [6, 6.07) is 10.5. The van der Waals surface area contributed by atoms with E-state index in [9.17, 15) is 8.78 Å². The third-order valence-electron chi connectivity index (χ3n) is 3.08. The molecule has 0 atom stereocenters. The summed E-state index contributed by atoms with van der Waals surface area (Å²) in [6.07, 6.45) is 0. The van der Waals surface area contributed by atoms with E-state index >= 15 is 0 Å². The van der Waals surface area contributed by atoms with Crippen molar-refractivity contribution in [3.8, 4) is 0 Å². The zero-order valence-electron chi connectivity index (χ0n) is 11.4. The molecule has 0 unspecified atom stereocenters. The van der Waals surface area contributed by atoms with Gasteiger partial charge in [-0.15, -0.1) is 0 Å². The van der Waals surface area contributed by atoms with Crippen LogP contribution in [-0.2, 0) is 6.54 Å². The normalized spacial score (nSPS) is 11.5. The van der Waals surface area contributed by atoms with Crippen LogP contribution in [0.25, 0.3) is 0 Å².